The van der Waals surface area contributed by atoms with Crippen LogP contribution in [0.25, 0.3) is 6.08 Å². The van der Waals surface area contributed by atoms with Gasteiger partial charge < -0.3 is 4.74 Å². The SMILES string of the molecule is CCN1C(=O)/C(=C\c2ccccc2OC(C)C)SC1=Nc1ccccc1Cl. The fourth-order valence-corrected chi connectivity index (χ4v) is 3.84. The molecule has 4 nitrogen and oxygen atoms in total. The Bertz CT molecular complexity index is 909. The summed E-state index contributed by atoms with van der Waals surface area (Å²) in [4.78, 5) is 19.7. The molecule has 2 aromatic carbocycles. The topological polar surface area (TPSA) is 41.9 Å². The fourth-order valence-electron chi connectivity index (χ4n) is 2.62. The van der Waals surface area contributed by atoms with Gasteiger partial charge in [-0.2, -0.15) is 0 Å². The highest BCUT2D eigenvalue weighted by Crippen LogP contribution is 2.36. The van der Waals surface area contributed by atoms with Crippen molar-refractivity contribution in [3.05, 3.63) is 64.0 Å². The number of aliphatic imine (C=N–C) groups is 1. The smallest absolute Gasteiger partial charge is 0.266 e. The summed E-state index contributed by atoms with van der Waals surface area (Å²) in [7, 11) is 0. The van der Waals surface area contributed by atoms with Gasteiger partial charge in [0.15, 0.2) is 5.17 Å². The number of halogens is 1. The van der Waals surface area contributed by atoms with E-state index in [2.05, 4.69) is 4.99 Å². The summed E-state index contributed by atoms with van der Waals surface area (Å²) in [5, 5.41) is 1.19. The van der Waals surface area contributed by atoms with E-state index in [1.54, 1.807) is 11.0 Å². The van der Waals surface area contributed by atoms with Crippen LogP contribution in [0, 0.1) is 0 Å². The predicted octanol–water partition coefficient (Wildman–Crippen LogP) is 5.75. The molecule has 1 heterocycles. The van der Waals surface area contributed by atoms with Gasteiger partial charge >= 0.3 is 0 Å². The van der Waals surface area contributed by atoms with E-state index in [0.29, 0.717) is 27.3 Å². The van der Waals surface area contributed by atoms with Crippen LogP contribution in [0.15, 0.2) is 58.4 Å². The number of nitrogens with zero attached hydrogens (tertiary/aromatic N) is 2. The second kappa shape index (κ2) is 8.63. The van der Waals surface area contributed by atoms with Crippen LogP contribution in [-0.2, 0) is 4.79 Å². The molecular formula is C21H21ClN2O2S. The summed E-state index contributed by atoms with van der Waals surface area (Å²) in [6, 6.07) is 15.1. The van der Waals surface area contributed by atoms with Gasteiger partial charge in [-0.05, 0) is 56.8 Å². The number of carbonyl (C=O) groups is 1. The number of carbonyl (C=O) groups excluding carboxylic acids is 1. The molecule has 0 unspecified atom stereocenters. The molecule has 1 amide bonds. The summed E-state index contributed by atoms with van der Waals surface area (Å²) < 4.78 is 5.86. The molecule has 6 heteroatoms. The van der Waals surface area contributed by atoms with Crippen LogP contribution in [-0.4, -0.2) is 28.6 Å². The Balaban J connectivity index is 1.96. The second-order valence-electron chi connectivity index (χ2n) is 6.21. The maximum atomic E-state index is 12.8. The Labute approximate surface area is 168 Å². The number of ether oxygens (including phenoxy) is 1. The summed E-state index contributed by atoms with van der Waals surface area (Å²) in [6.45, 7) is 6.43. The highest BCUT2D eigenvalue weighted by molar-refractivity contribution is 8.18. The summed E-state index contributed by atoms with van der Waals surface area (Å²) in [5.41, 5.74) is 1.52. The zero-order valence-electron chi connectivity index (χ0n) is 15.5. The number of para-hydroxylation sites is 2. The maximum absolute atomic E-state index is 12.8. The van der Waals surface area contributed by atoms with E-state index >= 15 is 0 Å². The molecule has 0 aliphatic carbocycles. The molecule has 1 aliphatic rings. The average Bonchev–Trinajstić information content (AvgIpc) is 2.93. The van der Waals surface area contributed by atoms with Crippen LogP contribution in [0.4, 0.5) is 5.69 Å². The third kappa shape index (κ3) is 4.54. The van der Waals surface area contributed by atoms with Crippen molar-refractivity contribution < 1.29 is 9.53 Å². The van der Waals surface area contributed by atoms with Gasteiger partial charge in [0.25, 0.3) is 5.91 Å². The Morgan fingerprint density at radius 3 is 2.59 bits per heavy atom. The van der Waals surface area contributed by atoms with Gasteiger partial charge in [-0.1, -0.05) is 41.9 Å². The van der Waals surface area contributed by atoms with Gasteiger partial charge in [-0.25, -0.2) is 4.99 Å². The number of hydrogen-bond donors (Lipinski definition) is 0. The molecule has 140 valence electrons. The van der Waals surface area contributed by atoms with Crippen molar-refractivity contribution in [3.63, 3.8) is 0 Å². The Morgan fingerprint density at radius 1 is 1.19 bits per heavy atom. The minimum atomic E-state index is -0.0624. The number of amides is 1. The van der Waals surface area contributed by atoms with Crippen LogP contribution in [0.3, 0.4) is 0 Å². The fraction of sp³-hybridized carbons (Fsp3) is 0.238. The Hall–Kier alpha value is -2.24. The molecule has 0 radical (unpaired) electrons. The van der Waals surface area contributed by atoms with Crippen molar-refractivity contribution in [1.82, 2.24) is 4.90 Å². The highest BCUT2D eigenvalue weighted by atomic mass is 35.5. The molecule has 2 aromatic rings. The molecule has 0 N–H and O–H groups in total. The zero-order valence-corrected chi connectivity index (χ0v) is 17.1. The summed E-state index contributed by atoms with van der Waals surface area (Å²) in [5.74, 6) is 0.695. The molecule has 0 spiro atoms. The van der Waals surface area contributed by atoms with Gasteiger partial charge in [0.1, 0.15) is 5.75 Å². The van der Waals surface area contributed by atoms with Crippen molar-refractivity contribution >= 4 is 46.2 Å². The Morgan fingerprint density at radius 2 is 1.89 bits per heavy atom. The third-order valence-corrected chi connectivity index (χ3v) is 5.17. The molecule has 3 rings (SSSR count). The number of rotatable bonds is 5. The molecular weight excluding hydrogens is 380 g/mol. The zero-order chi connectivity index (χ0) is 19.4. The molecule has 27 heavy (non-hydrogen) atoms. The van der Waals surface area contributed by atoms with Crippen molar-refractivity contribution in [2.75, 3.05) is 6.54 Å². The summed E-state index contributed by atoms with van der Waals surface area (Å²) >= 11 is 7.57. The molecule has 0 atom stereocenters. The molecule has 1 aliphatic heterocycles. The van der Waals surface area contributed by atoms with Crippen LogP contribution >= 0.6 is 23.4 Å². The van der Waals surface area contributed by atoms with E-state index in [1.165, 1.54) is 11.8 Å². The van der Waals surface area contributed by atoms with E-state index in [0.717, 1.165) is 11.3 Å². The molecule has 0 bridgehead atoms. The first kappa shape index (κ1) is 19.5. The number of amidine groups is 1. The van der Waals surface area contributed by atoms with E-state index < -0.39 is 0 Å². The first-order valence-corrected chi connectivity index (χ1v) is 9.99. The van der Waals surface area contributed by atoms with Crippen LogP contribution in [0.5, 0.6) is 5.75 Å². The van der Waals surface area contributed by atoms with Crippen molar-refractivity contribution in [3.8, 4) is 5.75 Å². The lowest BCUT2D eigenvalue weighted by atomic mass is 10.2. The molecule has 1 fully saturated rings. The van der Waals surface area contributed by atoms with Crippen molar-refractivity contribution in [1.29, 1.82) is 0 Å². The lowest BCUT2D eigenvalue weighted by Crippen LogP contribution is -2.28. The Kier molecular flexibility index (Phi) is 6.24. The first-order chi connectivity index (χ1) is 13.0. The number of thioether (sulfide) groups is 1. The van der Waals surface area contributed by atoms with Gasteiger partial charge in [-0.3, -0.25) is 9.69 Å². The molecule has 0 aromatic heterocycles. The van der Waals surface area contributed by atoms with Gasteiger partial charge in [0, 0.05) is 12.1 Å². The lowest BCUT2D eigenvalue weighted by molar-refractivity contribution is -0.122. The maximum Gasteiger partial charge on any atom is 0.266 e. The third-order valence-electron chi connectivity index (χ3n) is 3.84. The van der Waals surface area contributed by atoms with Crippen LogP contribution in [0.2, 0.25) is 5.02 Å². The monoisotopic (exact) mass is 400 g/mol. The van der Waals surface area contributed by atoms with Gasteiger partial charge in [-0.15, -0.1) is 0 Å². The molecule has 0 saturated carbocycles. The number of benzene rings is 2. The van der Waals surface area contributed by atoms with E-state index in [4.69, 9.17) is 16.3 Å². The quantitative estimate of drug-likeness (QED) is 0.600. The highest BCUT2D eigenvalue weighted by Gasteiger charge is 2.32. The number of likely N-dealkylation sites (N-methyl/N-ethyl adjacent to an activating group) is 1. The second-order valence-corrected chi connectivity index (χ2v) is 7.63. The van der Waals surface area contributed by atoms with Crippen LogP contribution < -0.4 is 4.74 Å². The predicted molar refractivity (Wildman–Crippen MR) is 114 cm³/mol. The molecule has 1 saturated heterocycles. The van der Waals surface area contributed by atoms with Crippen molar-refractivity contribution in [2.24, 2.45) is 4.99 Å². The van der Waals surface area contributed by atoms with Gasteiger partial charge in [0.2, 0.25) is 0 Å². The van der Waals surface area contributed by atoms with E-state index in [9.17, 15) is 4.79 Å². The standard InChI is InChI=1S/C21H21ClN2O2S/c1-4-24-20(25)19(13-15-9-5-8-12-18(15)26-14(2)3)27-21(24)23-17-11-7-6-10-16(17)22/h5-14H,4H2,1-3H3/b19-13+,23-21?. The van der Waals surface area contributed by atoms with Crippen LogP contribution in [0.1, 0.15) is 26.3 Å². The minimum absolute atomic E-state index is 0.0565. The minimum Gasteiger partial charge on any atom is -0.490 e. The average molecular weight is 401 g/mol. The number of hydrogen-bond acceptors (Lipinski definition) is 4. The van der Waals surface area contributed by atoms with Crippen molar-refractivity contribution in [2.45, 2.75) is 26.9 Å². The van der Waals surface area contributed by atoms with Gasteiger partial charge in [0.05, 0.1) is 21.7 Å². The van der Waals surface area contributed by atoms with E-state index in [1.807, 2.05) is 69.3 Å². The van der Waals surface area contributed by atoms with E-state index in [-0.39, 0.29) is 12.0 Å². The normalized spacial score (nSPS) is 17.4. The lowest BCUT2D eigenvalue weighted by Gasteiger charge is -2.13. The first-order valence-electron chi connectivity index (χ1n) is 8.80. The summed E-state index contributed by atoms with van der Waals surface area (Å²) in [6.07, 6.45) is 1.92. The largest absolute Gasteiger partial charge is 0.490 e.